The summed E-state index contributed by atoms with van der Waals surface area (Å²) in [5.41, 5.74) is 1.85. The Morgan fingerprint density at radius 3 is 1.58 bits per heavy atom. The van der Waals surface area contributed by atoms with Crippen LogP contribution in [0.1, 0.15) is 11.1 Å². The van der Waals surface area contributed by atoms with E-state index in [2.05, 4.69) is 31.9 Å². The van der Waals surface area contributed by atoms with Crippen LogP contribution >= 0.6 is 31.9 Å². The van der Waals surface area contributed by atoms with E-state index < -0.39 is 0 Å². The normalized spacial score (nSPS) is 11.6. The highest BCUT2D eigenvalue weighted by Gasteiger charge is 2.17. The first-order chi connectivity index (χ1) is 9.17. The number of fused-ring (bicyclic) bond motifs is 3. The summed E-state index contributed by atoms with van der Waals surface area (Å²) >= 11 is 6.51. The lowest BCUT2D eigenvalue weighted by Crippen LogP contribution is -1.85. The molecule has 0 aliphatic carbocycles. The summed E-state index contributed by atoms with van der Waals surface area (Å²) < 4.78 is 33.2. The molecule has 2 aromatic carbocycles. The number of furan rings is 1. The van der Waals surface area contributed by atoms with Gasteiger partial charge in [-0.1, -0.05) is 31.9 Å². The van der Waals surface area contributed by atoms with Gasteiger partial charge in [0.05, 0.1) is 0 Å². The fourth-order valence-electron chi connectivity index (χ4n) is 2.22. The lowest BCUT2D eigenvalue weighted by Gasteiger charge is -1.98. The molecule has 0 saturated carbocycles. The van der Waals surface area contributed by atoms with Gasteiger partial charge in [0.15, 0.2) is 0 Å². The Bertz CT molecular complexity index is 716. The Hall–Kier alpha value is -0.940. The molecule has 98 valence electrons. The molecule has 5 heteroatoms. The van der Waals surface area contributed by atoms with Crippen LogP contribution in [-0.2, 0) is 10.7 Å². The molecule has 0 bridgehead atoms. The molecular formula is C14H8Br2F2O. The summed E-state index contributed by atoms with van der Waals surface area (Å²) in [6.45, 7) is 0. The average molecular weight is 390 g/mol. The zero-order valence-corrected chi connectivity index (χ0v) is 12.8. The largest absolute Gasteiger partial charge is 0.455 e. The van der Waals surface area contributed by atoms with Gasteiger partial charge in [-0.05, 0) is 24.3 Å². The van der Waals surface area contributed by atoms with Crippen LogP contribution in [0.25, 0.3) is 21.9 Å². The third-order valence-electron chi connectivity index (χ3n) is 3.17. The molecule has 1 aromatic heterocycles. The SMILES string of the molecule is Fc1ccc2c(oc3c(CBr)c(F)ccc32)c1CBr. The minimum atomic E-state index is -0.329. The zero-order valence-electron chi connectivity index (χ0n) is 9.64. The number of benzene rings is 2. The van der Waals surface area contributed by atoms with Crippen LogP contribution in [0, 0.1) is 11.6 Å². The Balaban J connectivity index is 2.51. The van der Waals surface area contributed by atoms with Gasteiger partial charge in [-0.3, -0.25) is 0 Å². The van der Waals surface area contributed by atoms with E-state index in [4.69, 9.17) is 4.42 Å². The number of halogens is 4. The van der Waals surface area contributed by atoms with Gasteiger partial charge in [-0.15, -0.1) is 0 Å². The van der Waals surface area contributed by atoms with Crippen molar-refractivity contribution in [3.05, 3.63) is 47.0 Å². The summed E-state index contributed by atoms with van der Waals surface area (Å²) in [6, 6.07) is 6.15. The van der Waals surface area contributed by atoms with Crippen LogP contribution in [0.2, 0.25) is 0 Å². The highest BCUT2D eigenvalue weighted by atomic mass is 79.9. The molecule has 0 N–H and O–H groups in total. The fraction of sp³-hybridized carbons (Fsp3) is 0.143. The van der Waals surface area contributed by atoms with Crippen molar-refractivity contribution in [1.29, 1.82) is 0 Å². The van der Waals surface area contributed by atoms with E-state index in [9.17, 15) is 8.78 Å². The Kier molecular flexibility index (Phi) is 3.35. The van der Waals surface area contributed by atoms with Crippen molar-refractivity contribution in [2.45, 2.75) is 10.7 Å². The van der Waals surface area contributed by atoms with E-state index in [-0.39, 0.29) is 11.6 Å². The molecular weight excluding hydrogens is 382 g/mol. The van der Waals surface area contributed by atoms with Gasteiger partial charge in [0.1, 0.15) is 22.8 Å². The molecule has 0 atom stereocenters. The smallest absolute Gasteiger partial charge is 0.142 e. The van der Waals surface area contributed by atoms with Crippen molar-refractivity contribution in [1.82, 2.24) is 0 Å². The minimum absolute atomic E-state index is 0.329. The zero-order chi connectivity index (χ0) is 13.6. The van der Waals surface area contributed by atoms with Crippen molar-refractivity contribution in [2.75, 3.05) is 0 Å². The summed E-state index contributed by atoms with van der Waals surface area (Å²) in [6.07, 6.45) is 0. The molecule has 0 amide bonds. The molecule has 0 saturated heterocycles. The third kappa shape index (κ3) is 1.91. The quantitative estimate of drug-likeness (QED) is 0.516. The van der Waals surface area contributed by atoms with E-state index in [1.165, 1.54) is 12.1 Å². The van der Waals surface area contributed by atoms with Gasteiger partial charge < -0.3 is 4.42 Å². The summed E-state index contributed by atoms with van der Waals surface area (Å²) in [7, 11) is 0. The first kappa shape index (κ1) is 13.1. The lowest BCUT2D eigenvalue weighted by molar-refractivity contribution is 0.597. The van der Waals surface area contributed by atoms with Crippen LogP contribution < -0.4 is 0 Å². The summed E-state index contributed by atoms with van der Waals surface area (Å²) in [5.74, 6) is -0.659. The molecule has 19 heavy (non-hydrogen) atoms. The fourth-order valence-corrected chi connectivity index (χ4v) is 3.26. The third-order valence-corrected chi connectivity index (χ3v) is 4.29. The lowest BCUT2D eigenvalue weighted by atomic mass is 10.1. The predicted molar refractivity (Wildman–Crippen MR) is 78.9 cm³/mol. The van der Waals surface area contributed by atoms with Crippen LogP contribution in [0.5, 0.6) is 0 Å². The molecule has 3 rings (SSSR count). The van der Waals surface area contributed by atoms with Crippen LogP contribution in [0.3, 0.4) is 0 Å². The van der Waals surface area contributed by atoms with Crippen LogP contribution in [0.15, 0.2) is 28.7 Å². The van der Waals surface area contributed by atoms with E-state index >= 15 is 0 Å². The van der Waals surface area contributed by atoms with Crippen molar-refractivity contribution in [3.63, 3.8) is 0 Å². The maximum Gasteiger partial charge on any atom is 0.142 e. The van der Waals surface area contributed by atoms with Gasteiger partial charge in [-0.25, -0.2) is 8.78 Å². The molecule has 0 unspecified atom stereocenters. The van der Waals surface area contributed by atoms with Crippen molar-refractivity contribution in [2.24, 2.45) is 0 Å². The Morgan fingerprint density at radius 2 is 1.21 bits per heavy atom. The monoisotopic (exact) mass is 388 g/mol. The average Bonchev–Trinajstić information content (AvgIpc) is 2.77. The second kappa shape index (κ2) is 4.87. The molecule has 0 radical (unpaired) electrons. The molecule has 1 nitrogen and oxygen atoms in total. The van der Waals surface area contributed by atoms with Gasteiger partial charge >= 0.3 is 0 Å². The van der Waals surface area contributed by atoms with Crippen LogP contribution in [0.4, 0.5) is 8.78 Å². The predicted octanol–water partition coefficient (Wildman–Crippen LogP) is 5.65. The van der Waals surface area contributed by atoms with Gasteiger partial charge in [0.25, 0.3) is 0 Å². The van der Waals surface area contributed by atoms with Crippen molar-refractivity contribution >= 4 is 53.8 Å². The molecule has 0 aliphatic heterocycles. The summed E-state index contributed by atoms with van der Waals surface area (Å²) in [4.78, 5) is 0. The molecule has 0 spiro atoms. The Morgan fingerprint density at radius 1 is 0.789 bits per heavy atom. The van der Waals surface area contributed by atoms with Gasteiger partial charge in [0.2, 0.25) is 0 Å². The molecule has 1 heterocycles. The summed E-state index contributed by atoms with van der Waals surface area (Å²) in [5, 5.41) is 2.30. The molecule has 0 aliphatic rings. The highest BCUT2D eigenvalue weighted by Crippen LogP contribution is 2.36. The standard InChI is InChI=1S/C14H8Br2F2O/c15-5-9-11(17)3-1-7-8-2-4-12(18)10(6-16)14(8)19-13(7)9/h1-4H,5-6H2. The molecule has 3 aromatic rings. The van der Waals surface area contributed by atoms with E-state index in [0.717, 1.165) is 10.8 Å². The maximum atomic E-state index is 13.7. The minimum Gasteiger partial charge on any atom is -0.455 e. The second-order valence-corrected chi connectivity index (χ2v) is 5.30. The molecule has 0 fully saturated rings. The maximum absolute atomic E-state index is 13.7. The van der Waals surface area contributed by atoms with E-state index in [1.54, 1.807) is 12.1 Å². The number of rotatable bonds is 2. The Labute approximate surface area is 124 Å². The first-order valence-electron chi connectivity index (χ1n) is 5.60. The van der Waals surface area contributed by atoms with Gasteiger partial charge in [-0.2, -0.15) is 0 Å². The number of hydrogen-bond donors (Lipinski definition) is 0. The van der Waals surface area contributed by atoms with Crippen molar-refractivity contribution < 1.29 is 13.2 Å². The number of alkyl halides is 2. The topological polar surface area (TPSA) is 13.1 Å². The van der Waals surface area contributed by atoms with E-state index in [0.29, 0.717) is 33.0 Å². The number of hydrogen-bond acceptors (Lipinski definition) is 1. The van der Waals surface area contributed by atoms with Gasteiger partial charge in [0, 0.05) is 32.6 Å². The van der Waals surface area contributed by atoms with E-state index in [1.807, 2.05) is 0 Å². The van der Waals surface area contributed by atoms with Crippen LogP contribution in [-0.4, -0.2) is 0 Å². The van der Waals surface area contributed by atoms with Crippen molar-refractivity contribution in [3.8, 4) is 0 Å². The first-order valence-corrected chi connectivity index (χ1v) is 7.84. The second-order valence-electron chi connectivity index (χ2n) is 4.17. The highest BCUT2D eigenvalue weighted by molar-refractivity contribution is 9.08.